The van der Waals surface area contributed by atoms with Crippen molar-refractivity contribution in [3.8, 4) is 5.75 Å². The summed E-state index contributed by atoms with van der Waals surface area (Å²) in [6.07, 6.45) is -2.52. The number of hydrogen-bond acceptors (Lipinski definition) is 5. The molecule has 0 atom stereocenters. The van der Waals surface area contributed by atoms with E-state index in [0.717, 1.165) is 0 Å². The van der Waals surface area contributed by atoms with Crippen LogP contribution < -0.4 is 10.2 Å². The minimum atomic E-state index is -4.24. The summed E-state index contributed by atoms with van der Waals surface area (Å²) in [5, 5.41) is 3.77. The molecule has 0 aliphatic heterocycles. The van der Waals surface area contributed by atoms with Gasteiger partial charge in [-0.1, -0.05) is 0 Å². The van der Waals surface area contributed by atoms with Crippen molar-refractivity contribution in [2.45, 2.75) is 19.0 Å². The molecule has 0 aliphatic rings. The van der Waals surface area contributed by atoms with Gasteiger partial charge in [-0.15, -0.1) is 0 Å². The van der Waals surface area contributed by atoms with Crippen LogP contribution in [0.4, 0.5) is 17.6 Å². The number of hydrogen-bond donors (Lipinski definition) is 1. The summed E-state index contributed by atoms with van der Waals surface area (Å²) in [7, 11) is 1.36. The fraction of sp³-hybridized carbons (Fsp3) is 0.294. The quantitative estimate of drug-likeness (QED) is 0.341. The molecule has 6 nitrogen and oxygen atoms in total. The number of alkyl halides is 4. The lowest BCUT2D eigenvalue weighted by Crippen LogP contribution is -2.32. The standard InChI is InChI=1S/C17H15BrF4N2O4/c1-26-12-3-2-10(6-11(12)8-27-9-17(21,22)16(19)20)7-23-24-15(25)13-4-5-14(18)28-13/h2-7,16H,8-9H2,1H3,(H,24,25)/b23-7-. The number of rotatable bonds is 9. The molecule has 0 radical (unpaired) electrons. The SMILES string of the molecule is COc1ccc(/C=N\NC(=O)c2ccc(Br)o2)cc1COCC(F)(F)C(F)F. The van der Waals surface area contributed by atoms with E-state index in [1.54, 1.807) is 12.1 Å². The monoisotopic (exact) mass is 466 g/mol. The van der Waals surface area contributed by atoms with Gasteiger partial charge in [-0.25, -0.2) is 14.2 Å². The normalized spacial score (nSPS) is 12.0. The lowest BCUT2D eigenvalue weighted by Gasteiger charge is -2.16. The van der Waals surface area contributed by atoms with Crippen LogP contribution in [0.15, 0.2) is 44.5 Å². The molecule has 2 rings (SSSR count). The number of amides is 1. The first-order chi connectivity index (χ1) is 13.2. The van der Waals surface area contributed by atoms with Crippen LogP contribution in [0.1, 0.15) is 21.7 Å². The summed E-state index contributed by atoms with van der Waals surface area (Å²) >= 11 is 3.07. The summed E-state index contributed by atoms with van der Waals surface area (Å²) in [6, 6.07) is 7.61. The first kappa shape index (κ1) is 21.9. The van der Waals surface area contributed by atoms with Gasteiger partial charge in [0.15, 0.2) is 10.4 Å². The van der Waals surface area contributed by atoms with Crippen LogP contribution in [-0.4, -0.2) is 38.2 Å². The Bertz CT molecular complexity index is 842. The molecule has 0 bridgehead atoms. The highest BCUT2D eigenvalue weighted by Crippen LogP contribution is 2.25. The topological polar surface area (TPSA) is 73.1 Å². The summed E-state index contributed by atoms with van der Waals surface area (Å²) in [4.78, 5) is 11.8. The maximum Gasteiger partial charge on any atom is 0.330 e. The number of nitrogens with zero attached hydrogens (tertiary/aromatic N) is 1. The number of ether oxygens (including phenoxy) is 2. The minimum Gasteiger partial charge on any atom is -0.496 e. The van der Waals surface area contributed by atoms with Gasteiger partial charge in [-0.3, -0.25) is 4.79 Å². The average molecular weight is 467 g/mol. The smallest absolute Gasteiger partial charge is 0.330 e. The lowest BCUT2D eigenvalue weighted by molar-refractivity contribution is -0.168. The Labute approximate surface area is 165 Å². The van der Waals surface area contributed by atoms with E-state index >= 15 is 0 Å². The molecule has 1 amide bonds. The Balaban J connectivity index is 2.00. The van der Waals surface area contributed by atoms with Crippen LogP contribution in [0.3, 0.4) is 0 Å². The van der Waals surface area contributed by atoms with E-state index in [1.165, 1.54) is 31.5 Å². The molecule has 1 aromatic heterocycles. The number of benzene rings is 1. The predicted molar refractivity (Wildman–Crippen MR) is 95.1 cm³/mol. The highest BCUT2D eigenvalue weighted by molar-refractivity contribution is 9.10. The fourth-order valence-corrected chi connectivity index (χ4v) is 2.32. The van der Waals surface area contributed by atoms with Crippen molar-refractivity contribution in [2.24, 2.45) is 5.10 Å². The van der Waals surface area contributed by atoms with Gasteiger partial charge in [-0.05, 0) is 51.8 Å². The van der Waals surface area contributed by atoms with Crippen molar-refractivity contribution < 1.29 is 36.2 Å². The molecule has 1 heterocycles. The molecule has 1 aromatic carbocycles. The molecular formula is C17H15BrF4N2O4. The number of furan rings is 1. The van der Waals surface area contributed by atoms with E-state index in [2.05, 4.69) is 26.5 Å². The molecule has 0 saturated carbocycles. The summed E-state index contributed by atoms with van der Waals surface area (Å²) in [6.45, 7) is -1.80. The highest BCUT2D eigenvalue weighted by Gasteiger charge is 2.40. The van der Waals surface area contributed by atoms with E-state index in [1.807, 2.05) is 0 Å². The zero-order valence-electron chi connectivity index (χ0n) is 14.4. The van der Waals surface area contributed by atoms with Crippen molar-refractivity contribution in [2.75, 3.05) is 13.7 Å². The van der Waals surface area contributed by atoms with Gasteiger partial charge in [0.1, 0.15) is 12.4 Å². The van der Waals surface area contributed by atoms with Crippen molar-refractivity contribution in [3.05, 3.63) is 51.9 Å². The third-order valence-electron chi connectivity index (χ3n) is 3.35. The van der Waals surface area contributed by atoms with Crippen LogP contribution >= 0.6 is 15.9 Å². The summed E-state index contributed by atoms with van der Waals surface area (Å²) in [5.41, 5.74) is 3.09. The van der Waals surface area contributed by atoms with Gasteiger partial charge >= 0.3 is 18.3 Å². The maximum absolute atomic E-state index is 12.9. The maximum atomic E-state index is 12.9. The lowest BCUT2D eigenvalue weighted by atomic mass is 10.1. The van der Waals surface area contributed by atoms with Crippen LogP contribution in [0.2, 0.25) is 0 Å². The summed E-state index contributed by atoms with van der Waals surface area (Å²) in [5.74, 6) is -4.44. The van der Waals surface area contributed by atoms with Gasteiger partial charge in [0.25, 0.3) is 0 Å². The first-order valence-electron chi connectivity index (χ1n) is 7.72. The second kappa shape index (κ2) is 9.69. The van der Waals surface area contributed by atoms with Crippen molar-refractivity contribution in [1.82, 2.24) is 5.43 Å². The van der Waals surface area contributed by atoms with Crippen LogP contribution in [0.5, 0.6) is 5.75 Å². The second-order valence-electron chi connectivity index (χ2n) is 5.43. The highest BCUT2D eigenvalue weighted by atomic mass is 79.9. The van der Waals surface area contributed by atoms with E-state index in [9.17, 15) is 22.4 Å². The number of methoxy groups -OCH3 is 1. The van der Waals surface area contributed by atoms with Gasteiger partial charge < -0.3 is 13.9 Å². The van der Waals surface area contributed by atoms with Crippen molar-refractivity contribution >= 4 is 28.1 Å². The number of hydrazone groups is 1. The Morgan fingerprint density at radius 2 is 2.11 bits per heavy atom. The Hall–Kier alpha value is -2.40. The van der Waals surface area contributed by atoms with E-state index in [-0.39, 0.29) is 12.4 Å². The van der Waals surface area contributed by atoms with E-state index in [0.29, 0.717) is 21.5 Å². The Kier molecular flexibility index (Phi) is 7.58. The van der Waals surface area contributed by atoms with Crippen LogP contribution in [0.25, 0.3) is 0 Å². The van der Waals surface area contributed by atoms with E-state index in [4.69, 9.17) is 13.9 Å². The van der Waals surface area contributed by atoms with Gasteiger partial charge in [0.2, 0.25) is 0 Å². The molecule has 2 aromatic rings. The largest absolute Gasteiger partial charge is 0.496 e. The molecule has 0 aliphatic carbocycles. The third-order valence-corrected chi connectivity index (χ3v) is 3.78. The molecule has 0 fully saturated rings. The zero-order valence-corrected chi connectivity index (χ0v) is 16.0. The van der Waals surface area contributed by atoms with Gasteiger partial charge in [0.05, 0.1) is 19.9 Å². The van der Waals surface area contributed by atoms with E-state index < -0.39 is 24.9 Å². The van der Waals surface area contributed by atoms with Gasteiger partial charge in [-0.2, -0.15) is 13.9 Å². The second-order valence-corrected chi connectivity index (χ2v) is 6.21. The predicted octanol–water partition coefficient (Wildman–Crippen LogP) is 4.23. The first-order valence-corrected chi connectivity index (χ1v) is 8.51. The molecule has 0 unspecified atom stereocenters. The molecule has 0 saturated heterocycles. The van der Waals surface area contributed by atoms with Gasteiger partial charge in [0, 0.05) is 5.56 Å². The molecule has 1 N–H and O–H groups in total. The third kappa shape index (κ3) is 6.06. The van der Waals surface area contributed by atoms with Crippen molar-refractivity contribution in [1.29, 1.82) is 0 Å². The molecular weight excluding hydrogens is 452 g/mol. The number of carbonyl (C=O) groups excluding carboxylic acids is 1. The average Bonchev–Trinajstić information content (AvgIpc) is 3.08. The number of halogens is 5. The van der Waals surface area contributed by atoms with Crippen LogP contribution in [-0.2, 0) is 11.3 Å². The van der Waals surface area contributed by atoms with Crippen LogP contribution in [0, 0.1) is 0 Å². The Morgan fingerprint density at radius 3 is 2.71 bits per heavy atom. The Morgan fingerprint density at radius 1 is 1.36 bits per heavy atom. The fourth-order valence-electron chi connectivity index (χ4n) is 2.01. The number of carbonyl (C=O) groups is 1. The zero-order chi connectivity index (χ0) is 20.7. The molecule has 152 valence electrons. The molecule has 11 heteroatoms. The summed E-state index contributed by atoms with van der Waals surface area (Å²) < 4.78 is 65.4. The molecule has 28 heavy (non-hydrogen) atoms. The number of nitrogens with one attached hydrogen (secondary N) is 1. The minimum absolute atomic E-state index is 0.0489. The van der Waals surface area contributed by atoms with Crippen molar-refractivity contribution in [3.63, 3.8) is 0 Å². The molecule has 0 spiro atoms.